The van der Waals surface area contributed by atoms with Gasteiger partial charge in [-0.3, -0.25) is 14.4 Å². The first-order valence-electron chi connectivity index (χ1n) is 7.49. The normalized spacial score (nSPS) is 12.0. The van der Waals surface area contributed by atoms with Crippen LogP contribution in [-0.4, -0.2) is 50.3 Å². The number of amides is 1. The number of carbonyl (C=O) groups excluding carboxylic acids is 3. The van der Waals surface area contributed by atoms with Crippen molar-refractivity contribution in [3.05, 3.63) is 0 Å². The van der Waals surface area contributed by atoms with E-state index in [2.05, 4.69) is 10.6 Å². The Bertz CT molecular complexity index is 332. The molecule has 0 aromatic rings. The number of likely N-dealkylation sites (N-methyl/N-ethyl adjacent to an activating group) is 1. The Kier molecular flexibility index (Phi) is 11.7. The quantitative estimate of drug-likeness (QED) is 0.492. The molecule has 0 spiro atoms. The molecule has 0 aromatic heterocycles. The van der Waals surface area contributed by atoms with Crippen molar-refractivity contribution in [2.45, 2.75) is 52.0 Å². The minimum atomic E-state index is -0.0876. The maximum absolute atomic E-state index is 11.5. The zero-order valence-corrected chi connectivity index (χ0v) is 13.4. The molecule has 2 N–H and O–H groups in total. The highest BCUT2D eigenvalue weighted by molar-refractivity contribution is 5.81. The lowest BCUT2D eigenvalue weighted by Crippen LogP contribution is -2.32. The minimum Gasteiger partial charge on any atom is -0.380 e. The van der Waals surface area contributed by atoms with Crippen LogP contribution in [0.4, 0.5) is 0 Å². The summed E-state index contributed by atoms with van der Waals surface area (Å²) in [5, 5.41) is 5.78. The van der Waals surface area contributed by atoms with Gasteiger partial charge < -0.3 is 15.4 Å². The van der Waals surface area contributed by atoms with E-state index in [0.29, 0.717) is 32.6 Å². The predicted molar refractivity (Wildman–Crippen MR) is 81.1 cm³/mol. The molecule has 6 nitrogen and oxygen atoms in total. The third kappa shape index (κ3) is 12.2. The van der Waals surface area contributed by atoms with E-state index in [1.165, 1.54) is 6.92 Å². The van der Waals surface area contributed by atoms with Gasteiger partial charge in [0.25, 0.3) is 0 Å². The van der Waals surface area contributed by atoms with Gasteiger partial charge in [-0.05, 0) is 40.2 Å². The van der Waals surface area contributed by atoms with E-state index >= 15 is 0 Å². The SMILES string of the molecule is CNC(CCCCNC(=O)CCOCCC(C)=O)C(C)=O. The highest BCUT2D eigenvalue weighted by Crippen LogP contribution is 2.01. The van der Waals surface area contributed by atoms with Crippen LogP contribution < -0.4 is 10.6 Å². The number of ketones is 2. The Morgan fingerprint density at radius 1 is 1.05 bits per heavy atom. The first-order valence-corrected chi connectivity index (χ1v) is 7.49. The maximum Gasteiger partial charge on any atom is 0.222 e. The lowest BCUT2D eigenvalue weighted by molar-refractivity contribution is -0.122. The van der Waals surface area contributed by atoms with Crippen molar-refractivity contribution in [2.75, 3.05) is 26.8 Å². The second-order valence-corrected chi connectivity index (χ2v) is 5.11. The summed E-state index contributed by atoms with van der Waals surface area (Å²) in [7, 11) is 1.78. The van der Waals surface area contributed by atoms with Gasteiger partial charge in [-0.15, -0.1) is 0 Å². The first-order chi connectivity index (χ1) is 9.97. The molecule has 0 aromatic carbocycles. The van der Waals surface area contributed by atoms with E-state index in [1.807, 2.05) is 0 Å². The van der Waals surface area contributed by atoms with E-state index in [-0.39, 0.29) is 23.5 Å². The first kappa shape index (κ1) is 19.7. The zero-order valence-electron chi connectivity index (χ0n) is 13.4. The number of hydrogen-bond acceptors (Lipinski definition) is 5. The summed E-state index contributed by atoms with van der Waals surface area (Å²) >= 11 is 0. The molecule has 0 bridgehead atoms. The minimum absolute atomic E-state index is 0.0467. The largest absolute Gasteiger partial charge is 0.380 e. The van der Waals surface area contributed by atoms with Crippen molar-refractivity contribution in [1.82, 2.24) is 10.6 Å². The van der Waals surface area contributed by atoms with Crippen molar-refractivity contribution in [3.8, 4) is 0 Å². The van der Waals surface area contributed by atoms with E-state index in [4.69, 9.17) is 4.74 Å². The summed E-state index contributed by atoms with van der Waals surface area (Å²) in [5.41, 5.74) is 0. The van der Waals surface area contributed by atoms with Crippen molar-refractivity contribution in [1.29, 1.82) is 0 Å². The zero-order chi connectivity index (χ0) is 16.1. The summed E-state index contributed by atoms with van der Waals surface area (Å²) in [6.45, 7) is 4.42. The van der Waals surface area contributed by atoms with Gasteiger partial charge in [0, 0.05) is 19.4 Å². The molecule has 122 valence electrons. The van der Waals surface area contributed by atoms with Crippen LogP contribution in [0.5, 0.6) is 0 Å². The smallest absolute Gasteiger partial charge is 0.222 e. The van der Waals surface area contributed by atoms with Gasteiger partial charge in [-0.1, -0.05) is 0 Å². The number of unbranched alkanes of at least 4 members (excludes halogenated alkanes) is 1. The lowest BCUT2D eigenvalue weighted by atomic mass is 10.1. The van der Waals surface area contributed by atoms with E-state index in [1.54, 1.807) is 14.0 Å². The van der Waals surface area contributed by atoms with Gasteiger partial charge in [-0.25, -0.2) is 0 Å². The lowest BCUT2D eigenvalue weighted by Gasteiger charge is -2.12. The fourth-order valence-electron chi connectivity index (χ4n) is 1.82. The molecule has 0 aliphatic heterocycles. The van der Waals surface area contributed by atoms with Crippen LogP contribution in [0.3, 0.4) is 0 Å². The second-order valence-electron chi connectivity index (χ2n) is 5.11. The van der Waals surface area contributed by atoms with Crippen molar-refractivity contribution in [2.24, 2.45) is 0 Å². The average molecular weight is 300 g/mol. The fraction of sp³-hybridized carbons (Fsp3) is 0.800. The number of Topliss-reactive ketones (excluding diaryl/α,β-unsaturated/α-hetero) is 2. The van der Waals surface area contributed by atoms with E-state index < -0.39 is 0 Å². The highest BCUT2D eigenvalue weighted by Gasteiger charge is 2.10. The Morgan fingerprint density at radius 2 is 1.71 bits per heavy atom. The molecule has 0 aliphatic rings. The maximum atomic E-state index is 11.5. The Labute approximate surface area is 127 Å². The van der Waals surface area contributed by atoms with E-state index in [0.717, 1.165) is 19.3 Å². The summed E-state index contributed by atoms with van der Waals surface area (Å²) < 4.78 is 5.19. The molecule has 6 heteroatoms. The van der Waals surface area contributed by atoms with Crippen LogP contribution >= 0.6 is 0 Å². The molecule has 0 saturated heterocycles. The molecule has 1 amide bonds. The standard InChI is InChI=1S/C15H28N2O4/c1-12(18)7-10-21-11-8-15(20)17-9-5-4-6-14(16-3)13(2)19/h14,16H,4-11H2,1-3H3,(H,17,20). The molecular weight excluding hydrogens is 272 g/mol. The van der Waals surface area contributed by atoms with Crippen molar-refractivity contribution >= 4 is 17.5 Å². The number of ether oxygens (including phenoxy) is 1. The summed E-state index contributed by atoms with van der Waals surface area (Å²) in [4.78, 5) is 33.3. The van der Waals surface area contributed by atoms with Gasteiger partial charge >= 0.3 is 0 Å². The second kappa shape index (κ2) is 12.5. The molecule has 0 aliphatic carbocycles. The number of rotatable bonds is 13. The Hall–Kier alpha value is -1.27. The molecule has 0 saturated carbocycles. The molecule has 0 radical (unpaired) electrons. The third-order valence-electron chi connectivity index (χ3n) is 3.15. The van der Waals surface area contributed by atoms with Crippen LogP contribution in [0, 0.1) is 0 Å². The van der Waals surface area contributed by atoms with Gasteiger partial charge in [0.05, 0.1) is 19.3 Å². The number of hydrogen-bond donors (Lipinski definition) is 2. The highest BCUT2D eigenvalue weighted by atomic mass is 16.5. The van der Waals surface area contributed by atoms with Crippen molar-refractivity contribution < 1.29 is 19.1 Å². The van der Waals surface area contributed by atoms with Crippen LogP contribution in [0.2, 0.25) is 0 Å². The van der Waals surface area contributed by atoms with Gasteiger partial charge in [-0.2, -0.15) is 0 Å². The Morgan fingerprint density at radius 3 is 2.29 bits per heavy atom. The van der Waals surface area contributed by atoms with Crippen molar-refractivity contribution in [3.63, 3.8) is 0 Å². The summed E-state index contributed by atoms with van der Waals surface area (Å²) in [6.07, 6.45) is 3.23. The fourth-order valence-corrected chi connectivity index (χ4v) is 1.82. The third-order valence-corrected chi connectivity index (χ3v) is 3.15. The topological polar surface area (TPSA) is 84.5 Å². The van der Waals surface area contributed by atoms with Gasteiger partial charge in [0.2, 0.25) is 5.91 Å². The molecule has 0 fully saturated rings. The number of nitrogens with one attached hydrogen (secondary N) is 2. The molecule has 0 heterocycles. The van der Waals surface area contributed by atoms with Gasteiger partial charge in [0.1, 0.15) is 11.6 Å². The average Bonchev–Trinajstić information content (AvgIpc) is 2.41. The molecule has 21 heavy (non-hydrogen) atoms. The van der Waals surface area contributed by atoms with E-state index in [9.17, 15) is 14.4 Å². The van der Waals surface area contributed by atoms with Crippen LogP contribution in [0.25, 0.3) is 0 Å². The van der Waals surface area contributed by atoms with Gasteiger partial charge in [0.15, 0.2) is 0 Å². The summed E-state index contributed by atoms with van der Waals surface area (Å²) in [5.74, 6) is 0.184. The van der Waals surface area contributed by atoms with Crippen LogP contribution in [0.15, 0.2) is 0 Å². The molecular formula is C15H28N2O4. The number of carbonyl (C=O) groups is 3. The molecule has 1 atom stereocenters. The molecule has 0 rings (SSSR count). The molecule has 1 unspecified atom stereocenters. The predicted octanol–water partition coefficient (Wildman–Crippen LogP) is 0.836. The van der Waals surface area contributed by atoms with Crippen LogP contribution in [0.1, 0.15) is 46.0 Å². The van der Waals surface area contributed by atoms with Crippen LogP contribution in [-0.2, 0) is 19.1 Å². The Balaban J connectivity index is 3.45. The summed E-state index contributed by atoms with van der Waals surface area (Å²) in [6, 6.07) is -0.0876. The monoisotopic (exact) mass is 300 g/mol.